The minimum atomic E-state index is -0.504. The predicted octanol–water partition coefficient (Wildman–Crippen LogP) is 2.36. The SMILES string of the molecule is CN[C@@](C)(N)N(C)C(=C(C)C)[C@H](C)C(C)C. The molecule has 0 fully saturated rings. The third kappa shape index (κ3) is 3.49. The smallest absolute Gasteiger partial charge is 0.140 e. The molecule has 0 saturated heterocycles. The van der Waals surface area contributed by atoms with Crippen LogP contribution in [0.5, 0.6) is 0 Å². The van der Waals surface area contributed by atoms with E-state index in [1.807, 2.05) is 14.0 Å². The van der Waals surface area contributed by atoms with Gasteiger partial charge >= 0.3 is 0 Å². The molecule has 96 valence electrons. The van der Waals surface area contributed by atoms with Gasteiger partial charge in [-0.2, -0.15) is 0 Å². The third-order valence-electron chi connectivity index (χ3n) is 3.51. The lowest BCUT2D eigenvalue weighted by molar-refractivity contribution is 0.132. The van der Waals surface area contributed by atoms with Crippen LogP contribution in [0.25, 0.3) is 0 Å². The topological polar surface area (TPSA) is 41.3 Å². The fraction of sp³-hybridized carbons (Fsp3) is 0.846. The Hall–Kier alpha value is -0.540. The summed E-state index contributed by atoms with van der Waals surface area (Å²) in [4.78, 5) is 2.15. The average Bonchev–Trinajstić information content (AvgIpc) is 2.16. The van der Waals surface area contributed by atoms with Crippen molar-refractivity contribution >= 4 is 0 Å². The normalized spacial score (nSPS) is 16.9. The van der Waals surface area contributed by atoms with Gasteiger partial charge in [-0.1, -0.05) is 26.3 Å². The molecule has 0 aliphatic carbocycles. The molecule has 0 radical (unpaired) electrons. The van der Waals surface area contributed by atoms with Crippen molar-refractivity contribution in [1.82, 2.24) is 10.2 Å². The van der Waals surface area contributed by atoms with E-state index < -0.39 is 5.79 Å². The van der Waals surface area contributed by atoms with Gasteiger partial charge in [-0.15, -0.1) is 0 Å². The first-order valence-corrected chi connectivity index (χ1v) is 6.04. The average molecular weight is 227 g/mol. The Morgan fingerprint density at radius 3 is 1.94 bits per heavy atom. The van der Waals surface area contributed by atoms with Crippen LogP contribution in [0.4, 0.5) is 0 Å². The maximum absolute atomic E-state index is 6.22. The molecule has 0 amide bonds. The lowest BCUT2D eigenvalue weighted by Gasteiger charge is -2.42. The van der Waals surface area contributed by atoms with Crippen LogP contribution in [-0.4, -0.2) is 24.8 Å². The van der Waals surface area contributed by atoms with Crippen LogP contribution in [0.3, 0.4) is 0 Å². The summed E-state index contributed by atoms with van der Waals surface area (Å²) in [5.41, 5.74) is 8.87. The molecular weight excluding hydrogens is 198 g/mol. The molecular formula is C13H29N3. The number of nitrogens with two attached hydrogens (primary N) is 1. The molecule has 3 nitrogen and oxygen atoms in total. The van der Waals surface area contributed by atoms with Crippen LogP contribution < -0.4 is 11.1 Å². The number of rotatable bonds is 5. The van der Waals surface area contributed by atoms with Gasteiger partial charge in [0.15, 0.2) is 0 Å². The van der Waals surface area contributed by atoms with Crippen molar-refractivity contribution in [3.05, 3.63) is 11.3 Å². The monoisotopic (exact) mass is 227 g/mol. The Bertz CT molecular complexity index is 250. The largest absolute Gasteiger partial charge is 0.348 e. The van der Waals surface area contributed by atoms with Crippen molar-refractivity contribution in [2.75, 3.05) is 14.1 Å². The number of hydrogen-bond donors (Lipinski definition) is 2. The van der Waals surface area contributed by atoms with Gasteiger partial charge in [-0.3, -0.25) is 11.1 Å². The molecule has 0 aromatic rings. The van der Waals surface area contributed by atoms with Crippen molar-refractivity contribution in [2.45, 2.75) is 47.3 Å². The van der Waals surface area contributed by atoms with E-state index in [4.69, 9.17) is 5.73 Å². The Labute approximate surface area is 101 Å². The number of nitrogens with one attached hydrogen (secondary N) is 1. The van der Waals surface area contributed by atoms with E-state index in [0.717, 1.165) is 0 Å². The highest BCUT2D eigenvalue weighted by Crippen LogP contribution is 2.27. The minimum absolute atomic E-state index is 0.504. The highest BCUT2D eigenvalue weighted by molar-refractivity contribution is 5.14. The first-order valence-electron chi connectivity index (χ1n) is 6.04. The van der Waals surface area contributed by atoms with Crippen molar-refractivity contribution in [2.24, 2.45) is 17.6 Å². The number of allylic oxidation sites excluding steroid dienone is 2. The zero-order valence-corrected chi connectivity index (χ0v) is 12.2. The quantitative estimate of drug-likeness (QED) is 0.708. The summed E-state index contributed by atoms with van der Waals surface area (Å²) in [7, 11) is 3.94. The Balaban J connectivity index is 5.20. The van der Waals surface area contributed by atoms with Crippen molar-refractivity contribution in [3.8, 4) is 0 Å². The molecule has 0 rings (SSSR count). The second kappa shape index (κ2) is 5.69. The van der Waals surface area contributed by atoms with Gasteiger partial charge < -0.3 is 4.90 Å². The van der Waals surface area contributed by atoms with Gasteiger partial charge in [-0.25, -0.2) is 0 Å². The van der Waals surface area contributed by atoms with Gasteiger partial charge in [0.1, 0.15) is 5.79 Å². The zero-order chi connectivity index (χ0) is 13.1. The summed E-state index contributed by atoms with van der Waals surface area (Å²) in [6.07, 6.45) is 0. The molecule has 3 N–H and O–H groups in total. The maximum atomic E-state index is 6.22. The second-order valence-electron chi connectivity index (χ2n) is 5.37. The van der Waals surface area contributed by atoms with Gasteiger partial charge in [-0.05, 0) is 39.7 Å². The summed E-state index contributed by atoms with van der Waals surface area (Å²) in [5.74, 6) is 0.613. The van der Waals surface area contributed by atoms with E-state index in [0.29, 0.717) is 11.8 Å². The van der Waals surface area contributed by atoms with Crippen molar-refractivity contribution in [3.63, 3.8) is 0 Å². The highest BCUT2D eigenvalue weighted by atomic mass is 15.4. The van der Waals surface area contributed by atoms with Crippen LogP contribution in [0.1, 0.15) is 41.5 Å². The molecule has 0 aromatic carbocycles. The molecule has 0 heterocycles. The summed E-state index contributed by atoms with van der Waals surface area (Å²) in [5, 5.41) is 3.14. The maximum Gasteiger partial charge on any atom is 0.140 e. The van der Waals surface area contributed by atoms with E-state index in [1.54, 1.807) is 0 Å². The van der Waals surface area contributed by atoms with E-state index in [-0.39, 0.29) is 0 Å². The van der Waals surface area contributed by atoms with Gasteiger partial charge in [0.2, 0.25) is 0 Å². The lowest BCUT2D eigenvalue weighted by Crippen LogP contribution is -2.61. The fourth-order valence-electron chi connectivity index (χ4n) is 1.83. The van der Waals surface area contributed by atoms with E-state index in [1.165, 1.54) is 11.3 Å². The van der Waals surface area contributed by atoms with Crippen LogP contribution in [-0.2, 0) is 0 Å². The molecule has 3 heteroatoms. The standard InChI is InChI=1S/C13H29N3/c1-9(2)11(5)12(10(3)4)16(8)13(6,14)15-7/h9,11,15H,14H2,1-8H3/t11-,13-/m1/s1. The summed E-state index contributed by atoms with van der Waals surface area (Å²) in [6.45, 7) is 13.0. The Morgan fingerprint density at radius 2 is 1.69 bits per heavy atom. The Morgan fingerprint density at radius 1 is 1.25 bits per heavy atom. The number of hydrogen-bond acceptors (Lipinski definition) is 3. The summed E-state index contributed by atoms with van der Waals surface area (Å²) < 4.78 is 0. The van der Waals surface area contributed by atoms with Crippen molar-refractivity contribution < 1.29 is 0 Å². The lowest BCUT2D eigenvalue weighted by atomic mass is 9.91. The first-order chi connectivity index (χ1) is 7.15. The van der Waals surface area contributed by atoms with Crippen molar-refractivity contribution in [1.29, 1.82) is 0 Å². The van der Waals surface area contributed by atoms with Gasteiger partial charge in [0, 0.05) is 12.7 Å². The molecule has 2 atom stereocenters. The van der Waals surface area contributed by atoms with E-state index in [9.17, 15) is 0 Å². The van der Waals surface area contributed by atoms with Crippen LogP contribution >= 0.6 is 0 Å². The summed E-state index contributed by atoms with van der Waals surface area (Å²) in [6, 6.07) is 0. The van der Waals surface area contributed by atoms with Gasteiger partial charge in [0.25, 0.3) is 0 Å². The molecule has 0 aliphatic rings. The van der Waals surface area contributed by atoms with Gasteiger partial charge in [0.05, 0.1) is 0 Å². The minimum Gasteiger partial charge on any atom is -0.348 e. The molecule has 16 heavy (non-hydrogen) atoms. The predicted molar refractivity (Wildman–Crippen MR) is 71.8 cm³/mol. The second-order valence-corrected chi connectivity index (χ2v) is 5.37. The molecule has 0 unspecified atom stereocenters. The van der Waals surface area contributed by atoms with E-state index >= 15 is 0 Å². The molecule has 0 spiro atoms. The van der Waals surface area contributed by atoms with Crippen LogP contribution in [0, 0.1) is 11.8 Å². The first kappa shape index (κ1) is 15.5. The molecule has 0 aromatic heterocycles. The third-order valence-corrected chi connectivity index (χ3v) is 3.51. The highest BCUT2D eigenvalue weighted by Gasteiger charge is 2.28. The number of nitrogens with zero attached hydrogens (tertiary/aromatic N) is 1. The molecule has 0 bridgehead atoms. The molecule has 0 aliphatic heterocycles. The fourth-order valence-corrected chi connectivity index (χ4v) is 1.83. The van der Waals surface area contributed by atoms with E-state index in [2.05, 4.69) is 51.9 Å². The summed E-state index contributed by atoms with van der Waals surface area (Å²) >= 11 is 0. The molecule has 0 saturated carbocycles. The zero-order valence-electron chi connectivity index (χ0n) is 12.2. The van der Waals surface area contributed by atoms with Crippen LogP contribution in [0.15, 0.2) is 11.3 Å². The van der Waals surface area contributed by atoms with Crippen LogP contribution in [0.2, 0.25) is 0 Å². The Kier molecular flexibility index (Phi) is 5.50.